The molecule has 2 aliphatic carbocycles. The van der Waals surface area contributed by atoms with Crippen LogP contribution < -0.4 is 0 Å². The van der Waals surface area contributed by atoms with Crippen molar-refractivity contribution in [2.45, 2.75) is 56.5 Å². The smallest absolute Gasteiger partial charge is 0.313 e. The van der Waals surface area contributed by atoms with Gasteiger partial charge in [0.05, 0.1) is 48.8 Å². The number of hydrogen-bond donors (Lipinski definition) is 3. The van der Waals surface area contributed by atoms with Crippen LogP contribution in [-0.4, -0.2) is 52.3 Å². The Morgan fingerprint density at radius 2 is 2.07 bits per heavy atom. The summed E-state index contributed by atoms with van der Waals surface area (Å²) in [6.07, 6.45) is 3.00. The number of hydrogen-bond acceptors (Lipinski definition) is 7. The van der Waals surface area contributed by atoms with Gasteiger partial charge >= 0.3 is 5.97 Å². The molecule has 7 nitrogen and oxygen atoms in total. The van der Waals surface area contributed by atoms with Gasteiger partial charge in [0.15, 0.2) is 0 Å². The zero-order chi connectivity index (χ0) is 19.0. The van der Waals surface area contributed by atoms with Crippen LogP contribution in [0.3, 0.4) is 0 Å². The van der Waals surface area contributed by atoms with Gasteiger partial charge in [-0.15, -0.1) is 0 Å². The Labute approximate surface area is 157 Å². The molecule has 1 aromatic rings. The van der Waals surface area contributed by atoms with Gasteiger partial charge < -0.3 is 29.2 Å². The summed E-state index contributed by atoms with van der Waals surface area (Å²) < 4.78 is 16.8. The first-order valence-corrected chi connectivity index (χ1v) is 9.74. The molecule has 0 aromatic carbocycles. The minimum absolute atomic E-state index is 0.102. The van der Waals surface area contributed by atoms with E-state index < -0.39 is 34.7 Å². The molecule has 2 saturated carbocycles. The molecule has 8 atom stereocenters. The minimum atomic E-state index is -0.990. The van der Waals surface area contributed by atoms with E-state index in [0.717, 1.165) is 5.56 Å². The summed E-state index contributed by atoms with van der Waals surface area (Å²) in [5.41, 5.74) is -1.71. The van der Waals surface area contributed by atoms with Gasteiger partial charge in [0.25, 0.3) is 0 Å². The first kappa shape index (κ1) is 17.7. The highest BCUT2D eigenvalue weighted by atomic mass is 16.6. The maximum Gasteiger partial charge on any atom is 0.313 e. The van der Waals surface area contributed by atoms with Crippen LogP contribution in [0.2, 0.25) is 0 Å². The van der Waals surface area contributed by atoms with Gasteiger partial charge in [-0.05, 0) is 30.7 Å². The molecule has 4 fully saturated rings. The first-order valence-electron chi connectivity index (χ1n) is 9.74. The topological polar surface area (TPSA) is 109 Å². The van der Waals surface area contributed by atoms with Gasteiger partial charge in [-0.2, -0.15) is 0 Å². The number of furan rings is 1. The van der Waals surface area contributed by atoms with Crippen molar-refractivity contribution in [2.75, 3.05) is 13.2 Å². The van der Waals surface area contributed by atoms with E-state index >= 15 is 0 Å². The van der Waals surface area contributed by atoms with Crippen molar-refractivity contribution in [1.82, 2.24) is 0 Å². The number of ether oxygens (including phenoxy) is 2. The van der Waals surface area contributed by atoms with Gasteiger partial charge in [-0.1, -0.05) is 6.92 Å². The zero-order valence-corrected chi connectivity index (χ0v) is 15.3. The molecule has 2 unspecified atom stereocenters. The summed E-state index contributed by atoms with van der Waals surface area (Å²) >= 11 is 0. The number of carbonyl (C=O) groups is 1. The van der Waals surface area contributed by atoms with Crippen molar-refractivity contribution in [3.63, 3.8) is 0 Å². The molecule has 2 saturated heterocycles. The van der Waals surface area contributed by atoms with Crippen LogP contribution in [0.1, 0.15) is 44.3 Å². The van der Waals surface area contributed by atoms with Crippen molar-refractivity contribution in [1.29, 1.82) is 0 Å². The highest BCUT2D eigenvalue weighted by Gasteiger charge is 2.78. The van der Waals surface area contributed by atoms with E-state index in [1.54, 1.807) is 18.6 Å². The Bertz CT molecular complexity index is 744. The lowest BCUT2D eigenvalue weighted by Gasteiger charge is -2.71. The van der Waals surface area contributed by atoms with Gasteiger partial charge in [-0.25, -0.2) is 0 Å². The predicted octanol–water partition coefficient (Wildman–Crippen LogP) is 1.17. The number of aliphatic hydroxyl groups is 3. The van der Waals surface area contributed by atoms with Gasteiger partial charge in [0.2, 0.25) is 0 Å². The molecule has 2 aliphatic heterocycles. The van der Waals surface area contributed by atoms with Crippen LogP contribution in [0.4, 0.5) is 0 Å². The normalized spacial score (nSPS) is 51.4. The third-order valence-corrected chi connectivity index (χ3v) is 8.13. The van der Waals surface area contributed by atoms with E-state index in [1.807, 2.05) is 6.92 Å². The second-order valence-corrected chi connectivity index (χ2v) is 8.98. The van der Waals surface area contributed by atoms with Crippen molar-refractivity contribution < 1.29 is 34.0 Å². The van der Waals surface area contributed by atoms with E-state index in [0.29, 0.717) is 25.9 Å². The number of esters is 1. The molecule has 1 aromatic heterocycles. The number of cyclic esters (lactones) is 1. The Kier molecular flexibility index (Phi) is 3.64. The van der Waals surface area contributed by atoms with Gasteiger partial charge in [0, 0.05) is 18.4 Å². The lowest BCUT2D eigenvalue weighted by Crippen LogP contribution is -2.80. The summed E-state index contributed by atoms with van der Waals surface area (Å²) in [6, 6.07) is 1.80. The van der Waals surface area contributed by atoms with Crippen LogP contribution in [-0.2, 0) is 14.3 Å². The highest BCUT2D eigenvalue weighted by Crippen LogP contribution is 2.71. The maximum absolute atomic E-state index is 13.3. The molecule has 0 amide bonds. The Balaban J connectivity index is 1.61. The van der Waals surface area contributed by atoms with Crippen LogP contribution in [0.15, 0.2) is 23.0 Å². The number of carbonyl (C=O) groups excluding carboxylic acids is 1. The monoisotopic (exact) mass is 378 g/mol. The Hall–Kier alpha value is -1.41. The molecule has 0 bridgehead atoms. The zero-order valence-electron chi connectivity index (χ0n) is 15.3. The summed E-state index contributed by atoms with van der Waals surface area (Å²) in [4.78, 5) is 13.3. The third-order valence-electron chi connectivity index (χ3n) is 8.13. The molecular weight excluding hydrogens is 352 g/mol. The van der Waals surface area contributed by atoms with Crippen molar-refractivity contribution in [3.05, 3.63) is 24.2 Å². The second-order valence-electron chi connectivity index (χ2n) is 8.98. The van der Waals surface area contributed by atoms with Crippen LogP contribution in [0.5, 0.6) is 0 Å². The van der Waals surface area contributed by atoms with E-state index in [2.05, 4.69) is 0 Å². The average molecular weight is 378 g/mol. The molecule has 2 spiro atoms. The van der Waals surface area contributed by atoms with Crippen molar-refractivity contribution in [3.8, 4) is 0 Å². The fourth-order valence-corrected chi connectivity index (χ4v) is 6.72. The minimum Gasteiger partial charge on any atom is -0.472 e. The van der Waals surface area contributed by atoms with Crippen LogP contribution >= 0.6 is 0 Å². The average Bonchev–Trinajstić information content (AvgIpc) is 3.24. The first-order chi connectivity index (χ1) is 12.9. The predicted molar refractivity (Wildman–Crippen MR) is 91.3 cm³/mol. The second kappa shape index (κ2) is 5.56. The van der Waals surface area contributed by atoms with Gasteiger partial charge in [-0.3, -0.25) is 4.79 Å². The highest BCUT2D eigenvalue weighted by molar-refractivity contribution is 5.81. The molecule has 3 heterocycles. The standard InChI is InChI=1S/C20H26O7/c1-11-4-16(23)20-10-26-18(20,9-21)6-13(22)5-15(20)19(11)7-14(27-17(19)24)12-2-3-25-8-12/h2-3,8,11,13-16,21-23H,4-7,9-10H2,1H3/t11-,13+,14?,15?,16-,18+,19-,20+/m1/s1. The van der Waals surface area contributed by atoms with E-state index in [1.165, 1.54) is 0 Å². The Morgan fingerprint density at radius 3 is 2.70 bits per heavy atom. The molecule has 5 rings (SSSR count). The van der Waals surface area contributed by atoms with E-state index in [-0.39, 0.29) is 30.8 Å². The van der Waals surface area contributed by atoms with Crippen molar-refractivity contribution >= 4 is 5.97 Å². The quantitative estimate of drug-likeness (QED) is 0.663. The SMILES string of the molecule is C[C@@H]1C[C@@H](O)[C@@]23CO[C@]2(CO)C[C@@H](O)CC3[C@@]12CC(c1ccoc1)OC2=O. The fourth-order valence-electron chi connectivity index (χ4n) is 6.72. The molecule has 7 heteroatoms. The Morgan fingerprint density at radius 1 is 1.26 bits per heavy atom. The fraction of sp³-hybridized carbons (Fsp3) is 0.750. The molecule has 27 heavy (non-hydrogen) atoms. The molecule has 148 valence electrons. The summed E-state index contributed by atoms with van der Waals surface area (Å²) in [6.45, 7) is 2.00. The number of fused-ring (bicyclic) bond motifs is 1. The molecule has 0 radical (unpaired) electrons. The lowest BCUT2D eigenvalue weighted by molar-refractivity contribution is -0.382. The van der Waals surface area contributed by atoms with Crippen molar-refractivity contribution in [2.24, 2.45) is 22.7 Å². The summed E-state index contributed by atoms with van der Waals surface area (Å²) in [7, 11) is 0. The van der Waals surface area contributed by atoms with Gasteiger partial charge in [0.1, 0.15) is 11.7 Å². The molecule has 3 N–H and O–H groups in total. The summed E-state index contributed by atoms with van der Waals surface area (Å²) in [5, 5.41) is 31.8. The summed E-state index contributed by atoms with van der Waals surface area (Å²) in [5.74, 6) is -0.682. The molecule has 4 aliphatic rings. The molecular formula is C20H26O7. The third kappa shape index (κ3) is 1.93. The van der Waals surface area contributed by atoms with E-state index in [9.17, 15) is 20.1 Å². The van der Waals surface area contributed by atoms with Crippen LogP contribution in [0, 0.1) is 22.7 Å². The van der Waals surface area contributed by atoms with E-state index in [4.69, 9.17) is 13.9 Å². The van der Waals surface area contributed by atoms with Crippen LogP contribution in [0.25, 0.3) is 0 Å². The lowest BCUT2D eigenvalue weighted by atomic mass is 9.39. The maximum atomic E-state index is 13.3. The largest absolute Gasteiger partial charge is 0.472 e. The number of rotatable bonds is 2. The number of aliphatic hydroxyl groups excluding tert-OH is 3.